The molecule has 2 aromatic rings. The van der Waals surface area contributed by atoms with Gasteiger partial charge in [-0.15, -0.1) is 0 Å². The van der Waals surface area contributed by atoms with Gasteiger partial charge < -0.3 is 11.1 Å². The molecule has 0 fully saturated rings. The van der Waals surface area contributed by atoms with Crippen molar-refractivity contribution in [2.75, 3.05) is 11.1 Å². The normalized spacial score (nSPS) is 9.69. The van der Waals surface area contributed by atoms with Crippen LogP contribution in [0.25, 0.3) is 0 Å². The van der Waals surface area contributed by atoms with Crippen molar-refractivity contribution in [1.29, 1.82) is 0 Å². The van der Waals surface area contributed by atoms with Crippen LogP contribution in [0.4, 0.5) is 46.5 Å². The van der Waals surface area contributed by atoms with Crippen molar-refractivity contribution >= 4 is 207 Å². The van der Waals surface area contributed by atoms with Gasteiger partial charge in [0.2, 0.25) is 34.4 Å². The Bertz CT molecular complexity index is 2510. The molecule has 34 heteroatoms. The number of nitrogens with two attached hydrogens (primary N) is 1. The summed E-state index contributed by atoms with van der Waals surface area (Å²) in [5.41, 5.74) is 2.29. The zero-order valence-electron chi connectivity index (χ0n) is 36.1. The van der Waals surface area contributed by atoms with Crippen molar-refractivity contribution in [3.8, 4) is 0 Å². The molecule has 0 atom stereocenters. The number of hydrogen-bond donors (Lipinski definition) is 2. The molecule has 0 saturated heterocycles. The molecule has 0 aliphatic heterocycles. The maximum absolute atomic E-state index is 13.4. The number of amides is 1. The van der Waals surface area contributed by atoms with Gasteiger partial charge in [0.15, 0.2) is 0 Å². The van der Waals surface area contributed by atoms with Gasteiger partial charge >= 0.3 is 0 Å². The fourth-order valence-corrected chi connectivity index (χ4v) is 45.9. The second kappa shape index (κ2) is 51.6. The van der Waals surface area contributed by atoms with Crippen LogP contribution in [0.3, 0.4) is 0 Å². The molecule has 1 amide bonds. The van der Waals surface area contributed by atoms with Gasteiger partial charge in [-0.05, 0) is 24.4 Å². The first-order chi connectivity index (χ1) is 32.7. The maximum Gasteiger partial charge on any atom is 0.253 e. The number of carbonyl (C=O) groups excluding carboxylic acids is 2. The van der Waals surface area contributed by atoms with Crippen LogP contribution < -0.4 is 11.1 Å². The first-order valence-corrected chi connectivity index (χ1v) is 44.3. The number of rotatable bonds is 21. The molecule has 68 heavy (non-hydrogen) atoms. The topological polar surface area (TPSA) is 98.0 Å². The highest BCUT2D eigenvalue weighted by Gasteiger charge is 2.22. The Morgan fingerprint density at radius 2 is 0.721 bits per heavy atom. The highest BCUT2D eigenvalue weighted by atomic mass is 35.5. The number of pyridine rings is 2. The molecule has 3 N–H and O–H groups in total. The number of anilines is 2. The predicted molar refractivity (Wildman–Crippen MR) is 316 cm³/mol. The molecule has 394 valence electrons. The van der Waals surface area contributed by atoms with E-state index in [0.29, 0.717) is 12.8 Å². The largest absolute Gasteiger partial charge is 0.394 e. The second-order valence-electron chi connectivity index (χ2n) is 12.6. The van der Waals surface area contributed by atoms with E-state index in [1.807, 2.05) is 5.32 Å². The molecule has 0 aliphatic carbocycles. The fourth-order valence-electron chi connectivity index (χ4n) is 4.64. The zero-order chi connectivity index (χ0) is 51.2. The molecular formula is C34H49ClF8N4O2S19. The number of hydrogen-bond acceptors (Lipinski definition) is 7. The van der Waals surface area contributed by atoms with Gasteiger partial charge in [0.25, 0.3) is 23.8 Å². The van der Waals surface area contributed by atoms with Gasteiger partial charge in [-0.3, -0.25) is 9.59 Å². The van der Waals surface area contributed by atoms with Gasteiger partial charge in [0.1, 0.15) is 11.4 Å². The Balaban J connectivity index is 0. The van der Waals surface area contributed by atoms with E-state index in [2.05, 4.69) is 29.5 Å². The number of halogens is 9. The van der Waals surface area contributed by atoms with Crippen LogP contribution in [0.1, 0.15) is 142 Å². The molecule has 0 spiro atoms. The number of aromatic nitrogens is 2. The minimum atomic E-state index is -1.78. The number of carbonyl (C=O) groups is 2. The number of nitrogens with zero attached hydrogens (tertiary/aromatic N) is 2. The number of nitrogens with one attached hydrogen (secondary N) is 1. The van der Waals surface area contributed by atoms with E-state index in [9.17, 15) is 44.7 Å². The van der Waals surface area contributed by atoms with Crippen molar-refractivity contribution in [3.05, 3.63) is 47.1 Å². The molecule has 0 radical (unpaired) electrons. The number of nitrogen functional groups attached to an aromatic ring is 1. The SMILES string of the molecule is CCCCCCCCCCCC(=O)Cl.CCCCCCCCCCCC(=O)Nc1c(F)c(F)nc(F)c1F.Nc1c(F)c(F)nc(F)c1F.S=S=S=S=S=S=S=S=S=S=S=S=S=S=S=S=S=S=S. The average Bonchev–Trinajstić information content (AvgIpc) is 3.31. The summed E-state index contributed by atoms with van der Waals surface area (Å²) in [6.07, 6.45) is 21.7. The Kier molecular flexibility index (Phi) is 54.1. The quantitative estimate of drug-likeness (QED) is 0.0556. The van der Waals surface area contributed by atoms with Crippen LogP contribution in [0.15, 0.2) is 0 Å². The Morgan fingerprint density at radius 3 is 1.01 bits per heavy atom. The zero-order valence-corrected chi connectivity index (χ0v) is 52.4. The van der Waals surface area contributed by atoms with Gasteiger partial charge in [0, 0.05) is 186 Å². The lowest BCUT2D eigenvalue weighted by Crippen LogP contribution is -2.16. The summed E-state index contributed by atoms with van der Waals surface area (Å²) in [6.45, 7) is 4.40. The van der Waals surface area contributed by atoms with Crippen LogP contribution in [0, 0.1) is 47.1 Å². The molecule has 2 aromatic heterocycles. The molecule has 6 nitrogen and oxygen atoms in total. The minimum absolute atomic E-state index is 0.0419. The average molecular weight is 1340 g/mol. The summed E-state index contributed by atoms with van der Waals surface area (Å²) in [5, 5.41) is 1.69. The van der Waals surface area contributed by atoms with Gasteiger partial charge in [-0.2, -0.15) is 45.1 Å². The highest BCUT2D eigenvalue weighted by molar-refractivity contribution is 8.78. The van der Waals surface area contributed by atoms with Crippen LogP contribution in [-0.4, -0.2) is 21.1 Å². The third-order valence-electron chi connectivity index (χ3n) is 7.72. The summed E-state index contributed by atoms with van der Waals surface area (Å²) in [6, 6.07) is 0. The van der Waals surface area contributed by atoms with E-state index in [1.54, 1.807) is 133 Å². The Labute approximate surface area is 456 Å². The van der Waals surface area contributed by atoms with Crippen molar-refractivity contribution < 1.29 is 44.7 Å². The van der Waals surface area contributed by atoms with Crippen LogP contribution in [-0.2, 0) is 183 Å². The molecule has 0 unspecified atom stereocenters. The molecule has 2 rings (SSSR count). The van der Waals surface area contributed by atoms with Crippen LogP contribution in [0.5, 0.6) is 0 Å². The van der Waals surface area contributed by atoms with Gasteiger partial charge in [-0.25, -0.2) is 0 Å². The van der Waals surface area contributed by atoms with Crippen molar-refractivity contribution in [1.82, 2.24) is 9.97 Å². The van der Waals surface area contributed by atoms with E-state index in [4.69, 9.17) is 34.0 Å². The summed E-state index contributed by atoms with van der Waals surface area (Å²) in [5.74, 6) is -14.5. The van der Waals surface area contributed by atoms with Crippen molar-refractivity contribution in [3.63, 3.8) is 0 Å². The van der Waals surface area contributed by atoms with E-state index in [1.165, 1.54) is 88.4 Å². The Hall–Kier alpha value is 1.15. The molecule has 0 saturated carbocycles. The lowest BCUT2D eigenvalue weighted by Gasteiger charge is -2.08. The van der Waals surface area contributed by atoms with E-state index < -0.39 is 64.3 Å². The van der Waals surface area contributed by atoms with Crippen LogP contribution >= 0.6 is 11.6 Å². The summed E-state index contributed by atoms with van der Waals surface area (Å²) < 4.78 is 101. The summed E-state index contributed by atoms with van der Waals surface area (Å²) >= 11 is 14.7. The smallest absolute Gasteiger partial charge is 0.253 e. The first-order valence-electron chi connectivity index (χ1n) is 19.9. The number of unbranched alkanes of at least 4 members (excludes halogenated alkanes) is 16. The van der Waals surface area contributed by atoms with E-state index >= 15 is 0 Å². The fraction of sp³-hybridized carbons (Fsp3) is 0.647. The predicted octanol–water partition coefficient (Wildman–Crippen LogP) is 11.3. The first kappa shape index (κ1) is 71.2. The lowest BCUT2D eigenvalue weighted by molar-refractivity contribution is -0.116. The van der Waals surface area contributed by atoms with Gasteiger partial charge in [-0.1, -0.05) is 117 Å². The molecule has 0 bridgehead atoms. The molecule has 0 aromatic carbocycles. The molecular weight excluding hydrogens is 1290 g/mol. The highest BCUT2D eigenvalue weighted by Crippen LogP contribution is 2.23. The lowest BCUT2D eigenvalue weighted by atomic mass is 10.1. The summed E-state index contributed by atoms with van der Waals surface area (Å²) in [4.78, 5) is 26.8. The standard InChI is InChI=1S/C17H24F4N2O.C12H23ClO.C5H2F4N2.S19/c1-2-3-4-5-6-7-8-9-10-11-12(24)22-15-13(18)16(20)23-17(21)14(15)19;1-2-3-4-5-6-7-8-9-10-11-12(13)14;6-1-3(10)2(7)5(9)11-4(1)8;1-3-5-7-9-11-13-15-17-19-18-16-14-12-10-8-6-4-2/h2-11H2,1H3,(H,22,23,24);2-11H2,1H3;(H2,10,11);. The van der Waals surface area contributed by atoms with Crippen molar-refractivity contribution in [2.24, 2.45) is 0 Å². The summed E-state index contributed by atoms with van der Waals surface area (Å²) in [7, 11) is 29.0. The Morgan fingerprint density at radius 1 is 0.456 bits per heavy atom. The maximum atomic E-state index is 13.4. The third kappa shape index (κ3) is 42.5. The van der Waals surface area contributed by atoms with E-state index in [0.717, 1.165) is 38.5 Å². The third-order valence-corrected chi connectivity index (χ3v) is 43.5. The van der Waals surface area contributed by atoms with Crippen molar-refractivity contribution in [2.45, 2.75) is 142 Å². The van der Waals surface area contributed by atoms with E-state index in [-0.39, 0.29) is 11.7 Å². The monoisotopic (exact) mass is 1340 g/mol. The van der Waals surface area contributed by atoms with Crippen LogP contribution in [0.2, 0.25) is 0 Å². The van der Waals surface area contributed by atoms with Gasteiger partial charge in [0.05, 0.1) is 0 Å². The second-order valence-corrected chi connectivity index (χ2v) is 43.1. The molecule has 2 heterocycles. The minimum Gasteiger partial charge on any atom is -0.394 e. The molecule has 0 aliphatic rings.